The van der Waals surface area contributed by atoms with Gasteiger partial charge in [-0.1, -0.05) is 36.4 Å². The third kappa shape index (κ3) is 2.57. The number of hydrogen-bond acceptors (Lipinski definition) is 3. The van der Waals surface area contributed by atoms with Gasteiger partial charge < -0.3 is 14.5 Å². The van der Waals surface area contributed by atoms with Gasteiger partial charge in [0.25, 0.3) is 5.91 Å². The molecular weight excluding hydrogens is 290 g/mol. The number of rotatable bonds is 3. The van der Waals surface area contributed by atoms with Crippen LogP contribution in [0.1, 0.15) is 24.3 Å². The molecule has 0 unspecified atom stereocenters. The molecule has 0 aliphatic carbocycles. The topological polar surface area (TPSA) is 51.5 Å². The highest BCUT2D eigenvalue weighted by molar-refractivity contribution is 5.83. The molecule has 116 valence electrons. The lowest BCUT2D eigenvalue weighted by atomic mass is 10.1. The first kappa shape index (κ1) is 13.9. The molecule has 2 atom stereocenters. The zero-order valence-corrected chi connectivity index (χ0v) is 12.8. The van der Waals surface area contributed by atoms with Crippen LogP contribution >= 0.6 is 0 Å². The summed E-state index contributed by atoms with van der Waals surface area (Å²) in [6.45, 7) is 1.91. The van der Waals surface area contributed by atoms with Gasteiger partial charge in [-0.2, -0.15) is 0 Å². The lowest BCUT2D eigenvalue weighted by Crippen LogP contribution is -2.38. The third-order valence-electron chi connectivity index (χ3n) is 4.17. The van der Waals surface area contributed by atoms with Crippen molar-refractivity contribution < 1.29 is 13.9 Å². The maximum Gasteiger partial charge on any atom is 0.262 e. The van der Waals surface area contributed by atoms with E-state index in [1.165, 1.54) is 0 Å². The predicted molar refractivity (Wildman–Crippen MR) is 87.3 cm³/mol. The quantitative estimate of drug-likeness (QED) is 0.804. The van der Waals surface area contributed by atoms with Crippen LogP contribution in [0.4, 0.5) is 0 Å². The average molecular weight is 307 g/mol. The molecule has 0 saturated heterocycles. The van der Waals surface area contributed by atoms with Crippen molar-refractivity contribution >= 4 is 16.9 Å². The van der Waals surface area contributed by atoms with Crippen molar-refractivity contribution in [2.45, 2.75) is 25.5 Å². The van der Waals surface area contributed by atoms with Crippen LogP contribution in [-0.2, 0) is 11.2 Å². The Morgan fingerprint density at radius 1 is 1.17 bits per heavy atom. The van der Waals surface area contributed by atoms with Crippen molar-refractivity contribution in [2.75, 3.05) is 0 Å². The third-order valence-corrected chi connectivity index (χ3v) is 4.17. The van der Waals surface area contributed by atoms with E-state index in [4.69, 9.17) is 9.15 Å². The molecular formula is C19H17NO3. The van der Waals surface area contributed by atoms with Crippen LogP contribution in [0, 0.1) is 0 Å². The highest BCUT2D eigenvalue weighted by Crippen LogP contribution is 2.29. The van der Waals surface area contributed by atoms with Crippen LogP contribution in [0.25, 0.3) is 11.0 Å². The summed E-state index contributed by atoms with van der Waals surface area (Å²) in [5, 5.41) is 4.01. The van der Waals surface area contributed by atoms with Crippen molar-refractivity contribution in [3.05, 3.63) is 65.9 Å². The molecule has 1 amide bonds. The van der Waals surface area contributed by atoms with E-state index in [1.54, 1.807) is 0 Å². The molecule has 23 heavy (non-hydrogen) atoms. The predicted octanol–water partition coefficient (Wildman–Crippen LogP) is 3.61. The first-order valence-electron chi connectivity index (χ1n) is 7.74. The van der Waals surface area contributed by atoms with E-state index >= 15 is 0 Å². The maximum atomic E-state index is 12.4. The van der Waals surface area contributed by atoms with E-state index in [1.807, 2.05) is 61.5 Å². The number of furan rings is 1. The fraction of sp³-hybridized carbons (Fsp3) is 0.211. The summed E-state index contributed by atoms with van der Waals surface area (Å²) in [6.07, 6.45) is 0.133. The maximum absolute atomic E-state index is 12.4. The fourth-order valence-corrected chi connectivity index (χ4v) is 2.92. The van der Waals surface area contributed by atoms with Gasteiger partial charge in [0.15, 0.2) is 6.10 Å². The van der Waals surface area contributed by atoms with Gasteiger partial charge in [-0.25, -0.2) is 0 Å². The normalized spacial score (nSPS) is 17.5. The van der Waals surface area contributed by atoms with E-state index < -0.39 is 6.10 Å². The largest absolute Gasteiger partial charge is 0.480 e. The van der Waals surface area contributed by atoms with E-state index in [0.29, 0.717) is 6.42 Å². The van der Waals surface area contributed by atoms with Crippen molar-refractivity contribution in [2.24, 2.45) is 0 Å². The van der Waals surface area contributed by atoms with Crippen LogP contribution in [0.5, 0.6) is 5.75 Å². The molecule has 0 fully saturated rings. The van der Waals surface area contributed by atoms with Crippen molar-refractivity contribution in [1.82, 2.24) is 5.32 Å². The summed E-state index contributed by atoms with van der Waals surface area (Å²) in [4.78, 5) is 12.4. The Labute approximate surface area is 134 Å². The number of benzene rings is 2. The van der Waals surface area contributed by atoms with Gasteiger partial charge in [0, 0.05) is 11.8 Å². The summed E-state index contributed by atoms with van der Waals surface area (Å²) >= 11 is 0. The smallest absolute Gasteiger partial charge is 0.262 e. The second kappa shape index (κ2) is 5.47. The molecule has 4 nitrogen and oxygen atoms in total. The van der Waals surface area contributed by atoms with Gasteiger partial charge in [0.2, 0.25) is 0 Å². The lowest BCUT2D eigenvalue weighted by molar-refractivity contribution is -0.128. The molecule has 0 spiro atoms. The van der Waals surface area contributed by atoms with Crippen molar-refractivity contribution in [3.8, 4) is 5.75 Å². The summed E-state index contributed by atoms with van der Waals surface area (Å²) in [7, 11) is 0. The summed E-state index contributed by atoms with van der Waals surface area (Å²) in [5.41, 5.74) is 1.90. The van der Waals surface area contributed by atoms with Gasteiger partial charge in [-0.3, -0.25) is 4.79 Å². The van der Waals surface area contributed by atoms with Crippen LogP contribution in [0.3, 0.4) is 0 Å². The molecule has 0 radical (unpaired) electrons. The molecule has 1 aliphatic rings. The second-order valence-corrected chi connectivity index (χ2v) is 5.84. The van der Waals surface area contributed by atoms with Gasteiger partial charge in [0.1, 0.15) is 17.1 Å². The summed E-state index contributed by atoms with van der Waals surface area (Å²) in [6, 6.07) is 17.3. The number of carbonyl (C=O) groups is 1. The number of amides is 1. The van der Waals surface area contributed by atoms with E-state index in [0.717, 1.165) is 28.0 Å². The zero-order valence-electron chi connectivity index (χ0n) is 12.8. The Balaban J connectivity index is 1.46. The van der Waals surface area contributed by atoms with E-state index in [9.17, 15) is 4.79 Å². The number of nitrogens with one attached hydrogen (secondary N) is 1. The van der Waals surface area contributed by atoms with Crippen LogP contribution < -0.4 is 10.1 Å². The Hall–Kier alpha value is -2.75. The monoisotopic (exact) mass is 307 g/mol. The molecule has 1 aliphatic heterocycles. The standard InChI is InChI=1S/C19H17NO3/c1-12(17-10-13-6-2-4-8-15(13)22-17)20-19(21)18-11-14-7-3-5-9-16(14)23-18/h2-10,12,18H,11H2,1H3,(H,20,21)/t12-,18-/m1/s1. The Bertz CT molecular complexity index is 810. The average Bonchev–Trinajstić information content (AvgIpc) is 3.18. The molecule has 2 heterocycles. The van der Waals surface area contributed by atoms with Gasteiger partial charge in [-0.15, -0.1) is 0 Å². The number of hydrogen-bond donors (Lipinski definition) is 1. The highest BCUT2D eigenvalue weighted by Gasteiger charge is 2.30. The van der Waals surface area contributed by atoms with Crippen LogP contribution in [0.15, 0.2) is 59.0 Å². The van der Waals surface area contributed by atoms with Gasteiger partial charge in [0.05, 0.1) is 6.04 Å². The Kier molecular flexibility index (Phi) is 3.30. The van der Waals surface area contributed by atoms with Crippen molar-refractivity contribution in [3.63, 3.8) is 0 Å². The number of carbonyl (C=O) groups excluding carboxylic acids is 1. The minimum Gasteiger partial charge on any atom is -0.480 e. The first-order chi connectivity index (χ1) is 11.2. The molecule has 1 N–H and O–H groups in total. The SMILES string of the molecule is C[C@@H](NC(=O)[C@H]1Cc2ccccc2O1)c1cc2ccccc2o1. The molecule has 0 bridgehead atoms. The number of para-hydroxylation sites is 2. The molecule has 2 aromatic carbocycles. The van der Waals surface area contributed by atoms with Gasteiger partial charge in [-0.05, 0) is 30.7 Å². The molecule has 4 heteroatoms. The summed E-state index contributed by atoms with van der Waals surface area (Å²) in [5.74, 6) is 1.42. The molecule has 4 rings (SSSR count). The van der Waals surface area contributed by atoms with Crippen LogP contribution in [-0.4, -0.2) is 12.0 Å². The fourth-order valence-electron chi connectivity index (χ4n) is 2.92. The van der Waals surface area contributed by atoms with E-state index in [2.05, 4.69) is 5.32 Å². The number of ether oxygens (including phenoxy) is 1. The van der Waals surface area contributed by atoms with E-state index in [-0.39, 0.29) is 11.9 Å². The molecule has 1 aromatic heterocycles. The summed E-state index contributed by atoms with van der Waals surface area (Å²) < 4.78 is 11.5. The lowest BCUT2D eigenvalue weighted by Gasteiger charge is -2.15. The zero-order chi connectivity index (χ0) is 15.8. The Morgan fingerprint density at radius 3 is 2.78 bits per heavy atom. The highest BCUT2D eigenvalue weighted by atomic mass is 16.5. The van der Waals surface area contributed by atoms with Crippen LogP contribution in [0.2, 0.25) is 0 Å². The Morgan fingerprint density at radius 2 is 1.96 bits per heavy atom. The minimum atomic E-state index is -0.473. The molecule has 3 aromatic rings. The molecule has 0 saturated carbocycles. The second-order valence-electron chi connectivity index (χ2n) is 5.84. The van der Waals surface area contributed by atoms with Gasteiger partial charge >= 0.3 is 0 Å². The first-order valence-corrected chi connectivity index (χ1v) is 7.74. The number of fused-ring (bicyclic) bond motifs is 2. The minimum absolute atomic E-state index is 0.117. The van der Waals surface area contributed by atoms with Crippen molar-refractivity contribution in [1.29, 1.82) is 0 Å².